The first kappa shape index (κ1) is 25.2. The summed E-state index contributed by atoms with van der Waals surface area (Å²) in [4.78, 5) is 16.7. The third-order valence-corrected chi connectivity index (χ3v) is 11.5. The average molecular weight is 483 g/mol. The molecule has 4 aliphatic rings. The van der Waals surface area contributed by atoms with Crippen LogP contribution in [-0.4, -0.2) is 33.3 Å². The van der Waals surface area contributed by atoms with Gasteiger partial charge in [-0.1, -0.05) is 26.8 Å². The number of pyridine rings is 1. The van der Waals surface area contributed by atoms with Crippen molar-refractivity contribution in [2.45, 2.75) is 104 Å². The van der Waals surface area contributed by atoms with Crippen LogP contribution in [0.25, 0.3) is 0 Å². The number of aliphatic hydroxyl groups is 2. The monoisotopic (exact) mass is 482 g/mol. The molecule has 35 heavy (non-hydrogen) atoms. The number of hydrogen-bond acceptors (Lipinski definition) is 4. The molecule has 0 aromatic carbocycles. The van der Waals surface area contributed by atoms with Gasteiger partial charge in [-0.2, -0.15) is 0 Å². The number of aromatic nitrogens is 1. The lowest BCUT2D eigenvalue weighted by atomic mass is 9.43. The number of aliphatic hydroxyl groups excluding tert-OH is 2. The van der Waals surface area contributed by atoms with Crippen LogP contribution in [0.1, 0.15) is 90.5 Å². The van der Waals surface area contributed by atoms with E-state index in [0.717, 1.165) is 37.7 Å². The Balaban J connectivity index is 1.22. The summed E-state index contributed by atoms with van der Waals surface area (Å²) in [6.45, 7) is 7.71. The first-order valence-electron chi connectivity index (χ1n) is 14.2. The Bertz CT molecular complexity index is 893. The number of rotatable bonds is 6. The van der Waals surface area contributed by atoms with Crippen molar-refractivity contribution in [3.8, 4) is 0 Å². The molecule has 1 aromatic heterocycles. The van der Waals surface area contributed by atoms with Gasteiger partial charge in [0.1, 0.15) is 0 Å². The van der Waals surface area contributed by atoms with Crippen LogP contribution in [-0.2, 0) is 11.3 Å². The van der Waals surface area contributed by atoms with Crippen molar-refractivity contribution in [3.05, 3.63) is 30.1 Å². The fourth-order valence-electron chi connectivity index (χ4n) is 9.51. The van der Waals surface area contributed by atoms with Gasteiger partial charge in [0.2, 0.25) is 5.91 Å². The molecular formula is C30H46N2O3. The van der Waals surface area contributed by atoms with Crippen molar-refractivity contribution >= 4 is 5.91 Å². The number of nitrogens with zero attached hydrogens (tertiary/aromatic N) is 1. The molecule has 0 spiro atoms. The molecule has 194 valence electrons. The van der Waals surface area contributed by atoms with Crippen LogP contribution in [0, 0.1) is 46.3 Å². The highest BCUT2D eigenvalue weighted by molar-refractivity contribution is 5.75. The molecule has 10 atom stereocenters. The molecule has 0 unspecified atom stereocenters. The fraction of sp³-hybridized carbons (Fsp3) is 0.800. The number of carbonyl (C=O) groups is 1. The highest BCUT2D eigenvalue weighted by atomic mass is 16.3. The highest BCUT2D eigenvalue weighted by Crippen LogP contribution is 2.68. The first-order chi connectivity index (χ1) is 16.7. The quantitative estimate of drug-likeness (QED) is 0.527. The van der Waals surface area contributed by atoms with Gasteiger partial charge in [0.15, 0.2) is 0 Å². The van der Waals surface area contributed by atoms with Crippen molar-refractivity contribution < 1.29 is 15.0 Å². The summed E-state index contributed by atoms with van der Waals surface area (Å²) >= 11 is 0. The largest absolute Gasteiger partial charge is 0.393 e. The molecule has 4 fully saturated rings. The molecule has 4 aliphatic carbocycles. The third kappa shape index (κ3) is 4.45. The zero-order valence-electron chi connectivity index (χ0n) is 22.0. The Labute approximate surface area is 211 Å². The Kier molecular flexibility index (Phi) is 7.04. The molecule has 1 aromatic rings. The van der Waals surface area contributed by atoms with Crippen LogP contribution in [0.4, 0.5) is 0 Å². The molecule has 1 amide bonds. The third-order valence-electron chi connectivity index (χ3n) is 11.5. The topological polar surface area (TPSA) is 82.5 Å². The van der Waals surface area contributed by atoms with E-state index >= 15 is 0 Å². The standard InChI is InChI=1S/C30H46N2O3/c1-19(6-11-28(35)32-18-20-5-4-14-31-17-20)24-9-10-25-23-8-7-21-15-22(33)12-13-29(21,2)26(23)16-27(34)30(24,25)3/h4-5,14,17,19,21-27,33-34H,6-13,15-16,18H2,1-3H3,(H,32,35)/t19-,21-,22-,23+,24-,25+,26+,27+,29+,30-/m1/s1. The number of amides is 1. The van der Waals surface area contributed by atoms with Crippen LogP contribution in [0.15, 0.2) is 24.5 Å². The lowest BCUT2D eigenvalue weighted by Crippen LogP contribution is -2.58. The molecule has 0 bridgehead atoms. The summed E-state index contributed by atoms with van der Waals surface area (Å²) in [5.74, 6) is 3.52. The van der Waals surface area contributed by atoms with Gasteiger partial charge in [-0.05, 0) is 116 Å². The molecular weight excluding hydrogens is 436 g/mol. The van der Waals surface area contributed by atoms with Crippen LogP contribution >= 0.6 is 0 Å². The number of nitrogens with one attached hydrogen (secondary N) is 1. The van der Waals surface area contributed by atoms with Gasteiger partial charge in [-0.25, -0.2) is 0 Å². The fourth-order valence-corrected chi connectivity index (χ4v) is 9.51. The van der Waals surface area contributed by atoms with E-state index in [1.54, 1.807) is 12.4 Å². The SMILES string of the molecule is C[C@H](CCC(=O)NCc1cccnc1)[C@H]1CC[C@H]2[C@@H]3CC[C@@H]4C[C@H](O)CC[C@]4(C)[C@H]3C[C@H](O)[C@]12C. The van der Waals surface area contributed by atoms with E-state index < -0.39 is 0 Å². The van der Waals surface area contributed by atoms with Gasteiger partial charge in [-0.3, -0.25) is 9.78 Å². The van der Waals surface area contributed by atoms with E-state index in [9.17, 15) is 15.0 Å². The molecule has 3 N–H and O–H groups in total. The second-order valence-corrected chi connectivity index (χ2v) is 13.0. The van der Waals surface area contributed by atoms with E-state index in [4.69, 9.17) is 0 Å². The minimum Gasteiger partial charge on any atom is -0.393 e. The molecule has 5 nitrogen and oxygen atoms in total. The summed E-state index contributed by atoms with van der Waals surface area (Å²) in [7, 11) is 0. The minimum absolute atomic E-state index is 0.0376. The summed E-state index contributed by atoms with van der Waals surface area (Å²) in [6.07, 6.45) is 13.4. The summed E-state index contributed by atoms with van der Waals surface area (Å²) in [5, 5.41) is 25.0. The summed E-state index contributed by atoms with van der Waals surface area (Å²) in [5.41, 5.74) is 1.26. The summed E-state index contributed by atoms with van der Waals surface area (Å²) in [6, 6.07) is 3.88. The Morgan fingerprint density at radius 2 is 1.97 bits per heavy atom. The van der Waals surface area contributed by atoms with Gasteiger partial charge in [0.25, 0.3) is 0 Å². The van der Waals surface area contributed by atoms with Gasteiger partial charge in [0, 0.05) is 25.4 Å². The minimum atomic E-state index is -0.259. The van der Waals surface area contributed by atoms with Gasteiger partial charge < -0.3 is 15.5 Å². The molecule has 5 rings (SSSR count). The van der Waals surface area contributed by atoms with Gasteiger partial charge in [0.05, 0.1) is 12.2 Å². The average Bonchev–Trinajstić information content (AvgIpc) is 3.22. The van der Waals surface area contributed by atoms with E-state index in [2.05, 4.69) is 31.1 Å². The van der Waals surface area contributed by atoms with Crippen LogP contribution in [0.2, 0.25) is 0 Å². The van der Waals surface area contributed by atoms with Crippen molar-refractivity contribution in [1.82, 2.24) is 10.3 Å². The van der Waals surface area contributed by atoms with Gasteiger partial charge in [-0.15, -0.1) is 0 Å². The molecule has 4 saturated carbocycles. The van der Waals surface area contributed by atoms with E-state index in [-0.39, 0.29) is 28.9 Å². The Morgan fingerprint density at radius 1 is 1.14 bits per heavy atom. The maximum absolute atomic E-state index is 12.5. The van der Waals surface area contributed by atoms with Crippen molar-refractivity contribution in [3.63, 3.8) is 0 Å². The van der Waals surface area contributed by atoms with E-state index in [1.165, 1.54) is 25.7 Å². The van der Waals surface area contributed by atoms with Crippen molar-refractivity contribution in [1.29, 1.82) is 0 Å². The molecule has 0 aliphatic heterocycles. The second-order valence-electron chi connectivity index (χ2n) is 13.0. The van der Waals surface area contributed by atoms with Crippen LogP contribution < -0.4 is 5.32 Å². The van der Waals surface area contributed by atoms with Crippen LogP contribution in [0.3, 0.4) is 0 Å². The predicted molar refractivity (Wildman–Crippen MR) is 137 cm³/mol. The van der Waals surface area contributed by atoms with E-state index in [0.29, 0.717) is 48.5 Å². The van der Waals surface area contributed by atoms with Crippen molar-refractivity contribution in [2.24, 2.45) is 46.3 Å². The zero-order valence-corrected chi connectivity index (χ0v) is 22.0. The second kappa shape index (κ2) is 9.78. The zero-order chi connectivity index (χ0) is 24.8. The molecule has 5 heteroatoms. The van der Waals surface area contributed by atoms with Crippen molar-refractivity contribution in [2.75, 3.05) is 0 Å². The Hall–Kier alpha value is -1.46. The first-order valence-corrected chi connectivity index (χ1v) is 14.2. The summed E-state index contributed by atoms with van der Waals surface area (Å²) < 4.78 is 0. The van der Waals surface area contributed by atoms with Gasteiger partial charge >= 0.3 is 0 Å². The number of carbonyl (C=O) groups excluding carboxylic acids is 1. The lowest BCUT2D eigenvalue weighted by Gasteiger charge is -2.62. The maximum atomic E-state index is 12.5. The van der Waals surface area contributed by atoms with Crippen LogP contribution in [0.5, 0.6) is 0 Å². The smallest absolute Gasteiger partial charge is 0.220 e. The van der Waals surface area contributed by atoms with E-state index in [1.807, 2.05) is 12.1 Å². The molecule has 0 saturated heterocycles. The maximum Gasteiger partial charge on any atom is 0.220 e. The number of hydrogen-bond donors (Lipinski definition) is 3. The number of fused-ring (bicyclic) bond motifs is 5. The Morgan fingerprint density at radius 3 is 2.74 bits per heavy atom. The molecule has 1 heterocycles. The lowest BCUT2D eigenvalue weighted by molar-refractivity contribution is -0.174. The highest BCUT2D eigenvalue weighted by Gasteiger charge is 2.63. The predicted octanol–water partition coefficient (Wildman–Crippen LogP) is 5.10. The molecule has 0 radical (unpaired) electrons. The normalized spacial score (nSPS) is 43.5.